The summed E-state index contributed by atoms with van der Waals surface area (Å²) in [6.07, 6.45) is -4.68. The fourth-order valence-electron chi connectivity index (χ4n) is 3.73. The Morgan fingerprint density at radius 3 is 2.38 bits per heavy atom. The molecule has 11 nitrogen and oxygen atoms in total. The number of benzene rings is 1. The van der Waals surface area contributed by atoms with Gasteiger partial charge >= 0.3 is 24.4 Å². The molecule has 0 radical (unpaired) electrons. The van der Waals surface area contributed by atoms with Crippen LogP contribution in [-0.4, -0.2) is 57.8 Å². The molecule has 2 N–H and O–H groups in total. The smallest absolute Gasteiger partial charge is 0.490 e. The molecule has 1 aromatic carbocycles. The van der Waals surface area contributed by atoms with Crippen LogP contribution in [0.25, 0.3) is 11.0 Å². The Hall–Kier alpha value is -5.35. The topological polar surface area (TPSA) is 138 Å². The van der Waals surface area contributed by atoms with Gasteiger partial charge in [-0.25, -0.2) is 19.5 Å². The third-order valence-corrected chi connectivity index (χ3v) is 5.61. The van der Waals surface area contributed by atoms with Crippen molar-refractivity contribution in [2.24, 2.45) is 0 Å². The number of ether oxygens (including phenoxy) is 2. The zero-order chi connectivity index (χ0) is 30.8. The van der Waals surface area contributed by atoms with E-state index >= 15 is 0 Å². The lowest BCUT2D eigenvalue weighted by atomic mass is 10.2. The lowest BCUT2D eigenvalue weighted by Gasteiger charge is -2.20. The number of carbonyl (C=O) groups is 3. The standard InChI is InChI=1S/C23H16F3N5O4.C2HF3O2/c1-34-19-9-15(35-18-5-7-29-21-16(18)4-6-28-21)2-3-17(19)31-20(32)12-30(22(31)33)14-8-13(10-27-11-14)23(24,25)26;3-2(4,5)1(6)7/h2-11H,12H2,1H3,(H,28,29);(H,6,7). The SMILES string of the molecule is COc1cc(Oc2ccnc3[nH]ccc23)ccc1N1C(=O)CN(c2cncc(C(F)(F)F)c2)C1=O.O=C(O)C(F)(F)F. The van der Waals surface area contributed by atoms with Gasteiger partial charge in [0, 0.05) is 24.7 Å². The highest BCUT2D eigenvalue weighted by molar-refractivity contribution is 6.27. The normalized spacial score (nSPS) is 13.7. The van der Waals surface area contributed by atoms with E-state index in [1.54, 1.807) is 24.5 Å². The van der Waals surface area contributed by atoms with Gasteiger partial charge in [0.15, 0.2) is 0 Å². The Bertz CT molecular complexity index is 1650. The molecule has 0 saturated carbocycles. The van der Waals surface area contributed by atoms with E-state index in [4.69, 9.17) is 19.4 Å². The highest BCUT2D eigenvalue weighted by Gasteiger charge is 2.41. The van der Waals surface area contributed by atoms with Gasteiger partial charge in [0.25, 0.3) is 5.91 Å². The summed E-state index contributed by atoms with van der Waals surface area (Å²) in [5, 5.41) is 7.88. The number of imide groups is 1. The number of hydrogen-bond donors (Lipinski definition) is 2. The molecule has 0 atom stereocenters. The van der Waals surface area contributed by atoms with Crippen LogP contribution in [0.3, 0.4) is 0 Å². The Labute approximate surface area is 230 Å². The van der Waals surface area contributed by atoms with Gasteiger partial charge in [-0.05, 0) is 30.3 Å². The van der Waals surface area contributed by atoms with E-state index in [1.807, 2.05) is 6.07 Å². The largest absolute Gasteiger partial charge is 0.494 e. The molecule has 4 aromatic rings. The second-order valence-corrected chi connectivity index (χ2v) is 8.32. The summed E-state index contributed by atoms with van der Waals surface area (Å²) < 4.78 is 82.3. The van der Waals surface area contributed by atoms with Gasteiger partial charge in [-0.15, -0.1) is 0 Å². The van der Waals surface area contributed by atoms with Crippen molar-refractivity contribution in [3.8, 4) is 17.2 Å². The number of rotatable bonds is 5. The van der Waals surface area contributed by atoms with Crippen LogP contribution in [0.5, 0.6) is 17.2 Å². The maximum absolute atomic E-state index is 13.1. The lowest BCUT2D eigenvalue weighted by Crippen LogP contribution is -2.33. The quantitative estimate of drug-likeness (QED) is 0.231. The number of urea groups is 1. The van der Waals surface area contributed by atoms with E-state index in [2.05, 4.69) is 15.0 Å². The van der Waals surface area contributed by atoms with Crippen LogP contribution >= 0.6 is 0 Å². The van der Waals surface area contributed by atoms with Crippen molar-refractivity contribution in [2.75, 3.05) is 23.5 Å². The number of carboxylic acid groups (broad SMARTS) is 1. The van der Waals surface area contributed by atoms with Crippen LogP contribution in [0, 0.1) is 0 Å². The minimum absolute atomic E-state index is 0.124. The fourth-order valence-corrected chi connectivity index (χ4v) is 3.73. The van der Waals surface area contributed by atoms with Crippen molar-refractivity contribution in [3.05, 3.63) is 66.7 Å². The van der Waals surface area contributed by atoms with Crippen LogP contribution in [0.2, 0.25) is 0 Å². The van der Waals surface area contributed by atoms with Crippen LogP contribution in [0.15, 0.2) is 61.2 Å². The van der Waals surface area contributed by atoms with Gasteiger partial charge in [0.05, 0.1) is 35.6 Å². The number of carbonyl (C=O) groups excluding carboxylic acids is 2. The van der Waals surface area contributed by atoms with Gasteiger partial charge in [0.1, 0.15) is 29.4 Å². The van der Waals surface area contributed by atoms with Crippen molar-refractivity contribution in [1.29, 1.82) is 0 Å². The molecule has 4 heterocycles. The van der Waals surface area contributed by atoms with E-state index in [0.717, 1.165) is 27.4 Å². The first kappa shape index (κ1) is 29.6. The average Bonchev–Trinajstić information content (AvgIpc) is 3.53. The number of carboxylic acids is 1. The second-order valence-electron chi connectivity index (χ2n) is 8.32. The number of fused-ring (bicyclic) bond motifs is 1. The molecule has 0 bridgehead atoms. The van der Waals surface area contributed by atoms with Crippen molar-refractivity contribution < 1.29 is 55.3 Å². The number of H-pyrrole nitrogens is 1. The summed E-state index contributed by atoms with van der Waals surface area (Å²) in [6.45, 7) is -0.453. The maximum atomic E-state index is 13.1. The van der Waals surface area contributed by atoms with Gasteiger partial charge < -0.3 is 19.6 Å². The van der Waals surface area contributed by atoms with Crippen molar-refractivity contribution in [2.45, 2.75) is 12.4 Å². The number of pyridine rings is 2. The molecule has 0 unspecified atom stereocenters. The predicted molar refractivity (Wildman–Crippen MR) is 132 cm³/mol. The maximum Gasteiger partial charge on any atom is 0.490 e. The van der Waals surface area contributed by atoms with Crippen LogP contribution < -0.4 is 19.3 Å². The van der Waals surface area contributed by atoms with E-state index in [-0.39, 0.29) is 17.1 Å². The van der Waals surface area contributed by atoms with Crippen LogP contribution in [0.4, 0.5) is 42.5 Å². The van der Waals surface area contributed by atoms with Crippen molar-refractivity contribution >= 4 is 40.3 Å². The Morgan fingerprint density at radius 2 is 1.74 bits per heavy atom. The Balaban J connectivity index is 0.000000517. The van der Waals surface area contributed by atoms with E-state index in [1.165, 1.54) is 19.2 Å². The summed E-state index contributed by atoms with van der Waals surface area (Å²) in [5.74, 6) is -2.33. The van der Waals surface area contributed by atoms with Crippen molar-refractivity contribution in [3.63, 3.8) is 0 Å². The molecule has 1 saturated heterocycles. The summed E-state index contributed by atoms with van der Waals surface area (Å²) in [7, 11) is 1.36. The van der Waals surface area contributed by atoms with Crippen LogP contribution in [0.1, 0.15) is 5.56 Å². The number of aromatic amines is 1. The number of nitrogens with one attached hydrogen (secondary N) is 1. The number of anilines is 2. The lowest BCUT2D eigenvalue weighted by molar-refractivity contribution is -0.192. The van der Waals surface area contributed by atoms with E-state index in [0.29, 0.717) is 23.3 Å². The molecule has 0 spiro atoms. The summed E-state index contributed by atoms with van der Waals surface area (Å²) in [6, 6.07) is 7.95. The predicted octanol–water partition coefficient (Wildman–Crippen LogP) is 5.38. The summed E-state index contributed by atoms with van der Waals surface area (Å²) in [5.41, 5.74) is -0.407. The van der Waals surface area contributed by atoms with E-state index in [9.17, 15) is 35.9 Å². The highest BCUT2D eigenvalue weighted by Crippen LogP contribution is 2.38. The molecule has 3 aromatic heterocycles. The van der Waals surface area contributed by atoms with Crippen molar-refractivity contribution in [1.82, 2.24) is 15.0 Å². The Morgan fingerprint density at radius 1 is 1.02 bits per heavy atom. The average molecular weight is 597 g/mol. The zero-order valence-corrected chi connectivity index (χ0v) is 21.0. The third-order valence-electron chi connectivity index (χ3n) is 5.61. The molecule has 3 amide bonds. The zero-order valence-electron chi connectivity index (χ0n) is 21.0. The molecule has 0 aliphatic carbocycles. The van der Waals surface area contributed by atoms with Gasteiger partial charge in [-0.2, -0.15) is 26.3 Å². The molecular weight excluding hydrogens is 580 g/mol. The number of amides is 3. The minimum atomic E-state index is -5.08. The van der Waals surface area contributed by atoms with Crippen LogP contribution in [-0.2, 0) is 15.8 Å². The minimum Gasteiger partial charge on any atom is -0.494 e. The number of nitrogens with zero attached hydrogens (tertiary/aromatic N) is 4. The van der Waals surface area contributed by atoms with E-state index < -0.39 is 42.4 Å². The number of aromatic nitrogens is 3. The van der Waals surface area contributed by atoms with Gasteiger partial charge in [-0.1, -0.05) is 0 Å². The Kier molecular flexibility index (Phi) is 7.94. The first-order chi connectivity index (χ1) is 19.7. The monoisotopic (exact) mass is 597 g/mol. The van der Waals surface area contributed by atoms with Gasteiger partial charge in [0.2, 0.25) is 0 Å². The molecule has 5 rings (SSSR count). The summed E-state index contributed by atoms with van der Waals surface area (Å²) >= 11 is 0. The number of hydrogen-bond acceptors (Lipinski definition) is 7. The molecule has 42 heavy (non-hydrogen) atoms. The molecule has 17 heteroatoms. The number of halogens is 6. The number of methoxy groups -OCH3 is 1. The number of aliphatic carboxylic acids is 1. The third kappa shape index (κ3) is 6.18. The highest BCUT2D eigenvalue weighted by atomic mass is 19.4. The molecule has 1 aliphatic rings. The number of alkyl halides is 6. The molecule has 220 valence electrons. The first-order valence-corrected chi connectivity index (χ1v) is 11.5. The van der Waals surface area contributed by atoms with Gasteiger partial charge in [-0.3, -0.25) is 14.7 Å². The first-order valence-electron chi connectivity index (χ1n) is 11.5. The molecule has 1 fully saturated rings. The molecule has 1 aliphatic heterocycles. The summed E-state index contributed by atoms with van der Waals surface area (Å²) in [4.78, 5) is 47.2. The second kappa shape index (κ2) is 11.3. The fraction of sp³-hybridized carbons (Fsp3) is 0.160. The molecular formula is C25H17F6N5O6.